The Morgan fingerprint density at radius 2 is 2.00 bits per heavy atom. The van der Waals surface area contributed by atoms with Gasteiger partial charge in [0.25, 0.3) is 0 Å². The van der Waals surface area contributed by atoms with E-state index in [2.05, 4.69) is 26.4 Å². The fourth-order valence-electron chi connectivity index (χ4n) is 0.876. The second-order valence-electron chi connectivity index (χ2n) is 2.41. The van der Waals surface area contributed by atoms with Crippen molar-refractivity contribution in [2.24, 2.45) is 0 Å². The van der Waals surface area contributed by atoms with Crippen molar-refractivity contribution in [3.05, 3.63) is 29.8 Å². The summed E-state index contributed by atoms with van der Waals surface area (Å²) < 4.78 is 14.0. The van der Waals surface area contributed by atoms with Gasteiger partial charge in [0.15, 0.2) is 0 Å². The molecule has 1 rings (SSSR count). The molecule has 0 heterocycles. The number of rotatable bonds is 3. The van der Waals surface area contributed by atoms with Gasteiger partial charge in [-0.15, -0.1) is 0 Å². The molecule has 1 N–H and O–H groups in total. The second kappa shape index (κ2) is 4.94. The van der Waals surface area contributed by atoms with Crippen molar-refractivity contribution in [2.45, 2.75) is 11.4 Å². The predicted molar refractivity (Wildman–Crippen MR) is 59.6 cm³/mol. The Balaban J connectivity index is 2.78. The average Bonchev–Trinajstić information content (AvgIpc) is 2.06. The predicted octanol–water partition coefficient (Wildman–Crippen LogP) is 1.86. The molecule has 0 saturated carbocycles. The molecule has 0 amide bonds. The number of benzene rings is 1. The molecule has 0 saturated heterocycles. The molecule has 0 aliphatic rings. The first-order valence-corrected chi connectivity index (χ1v) is 6.13. The lowest BCUT2D eigenvalue weighted by Crippen LogP contribution is -1.97. The van der Waals surface area contributed by atoms with Crippen LogP contribution in [0.15, 0.2) is 29.2 Å². The van der Waals surface area contributed by atoms with Gasteiger partial charge in [0.05, 0.1) is 0 Å². The quantitative estimate of drug-likeness (QED) is 0.681. The van der Waals surface area contributed by atoms with E-state index in [-0.39, 0.29) is 0 Å². The molecule has 0 aliphatic heterocycles. The SMILES string of the molecule is CS(=O)c1ccc(CNI)cc1. The van der Waals surface area contributed by atoms with Gasteiger partial charge in [0, 0.05) is 51.4 Å². The molecule has 0 fully saturated rings. The summed E-state index contributed by atoms with van der Waals surface area (Å²) in [4.78, 5) is 0.882. The van der Waals surface area contributed by atoms with Crippen LogP contribution in [0.1, 0.15) is 5.56 Å². The Hall–Kier alpha value is 0.0600. The number of hydrogen-bond acceptors (Lipinski definition) is 2. The fraction of sp³-hybridized carbons (Fsp3) is 0.250. The molecule has 1 atom stereocenters. The highest BCUT2D eigenvalue weighted by Crippen LogP contribution is 2.07. The molecule has 0 bridgehead atoms. The van der Waals surface area contributed by atoms with Crippen molar-refractivity contribution < 1.29 is 4.21 Å². The van der Waals surface area contributed by atoms with Crippen LogP contribution >= 0.6 is 22.9 Å². The third kappa shape index (κ3) is 2.84. The summed E-state index contributed by atoms with van der Waals surface area (Å²) in [5.74, 6) is 0. The summed E-state index contributed by atoms with van der Waals surface area (Å²) in [6.45, 7) is 0.844. The van der Waals surface area contributed by atoms with Crippen LogP contribution < -0.4 is 3.53 Å². The van der Waals surface area contributed by atoms with E-state index in [9.17, 15) is 4.21 Å². The lowest BCUT2D eigenvalue weighted by atomic mass is 10.2. The normalized spacial score (nSPS) is 12.8. The summed E-state index contributed by atoms with van der Waals surface area (Å²) in [5, 5.41) is 0. The maximum Gasteiger partial charge on any atom is 0.0498 e. The molecule has 0 aliphatic carbocycles. The first-order valence-electron chi connectivity index (χ1n) is 3.50. The van der Waals surface area contributed by atoms with Crippen LogP contribution in [-0.2, 0) is 17.3 Å². The molecule has 0 radical (unpaired) electrons. The van der Waals surface area contributed by atoms with Crippen molar-refractivity contribution >= 4 is 33.7 Å². The van der Waals surface area contributed by atoms with E-state index in [0.29, 0.717) is 0 Å². The van der Waals surface area contributed by atoms with Gasteiger partial charge in [0.1, 0.15) is 0 Å². The Morgan fingerprint density at radius 3 is 2.42 bits per heavy atom. The zero-order valence-corrected chi connectivity index (χ0v) is 9.68. The van der Waals surface area contributed by atoms with Gasteiger partial charge < -0.3 is 0 Å². The summed E-state index contributed by atoms with van der Waals surface area (Å²) in [6, 6.07) is 7.78. The monoisotopic (exact) mass is 295 g/mol. The first-order chi connectivity index (χ1) is 5.74. The number of halogens is 1. The van der Waals surface area contributed by atoms with Crippen molar-refractivity contribution in [3.8, 4) is 0 Å². The Labute approximate surface area is 88.7 Å². The van der Waals surface area contributed by atoms with Crippen LogP contribution in [0, 0.1) is 0 Å². The van der Waals surface area contributed by atoms with Gasteiger partial charge >= 0.3 is 0 Å². The third-order valence-electron chi connectivity index (χ3n) is 1.53. The Morgan fingerprint density at radius 1 is 1.42 bits per heavy atom. The van der Waals surface area contributed by atoms with E-state index >= 15 is 0 Å². The molecule has 66 valence electrons. The van der Waals surface area contributed by atoms with Crippen molar-refractivity contribution in [2.75, 3.05) is 6.26 Å². The number of hydrogen-bond donors (Lipinski definition) is 1. The maximum absolute atomic E-state index is 11.0. The first kappa shape index (κ1) is 10.1. The molecule has 2 nitrogen and oxygen atoms in total. The summed E-state index contributed by atoms with van der Waals surface area (Å²) >= 11 is 2.10. The topological polar surface area (TPSA) is 29.1 Å². The van der Waals surface area contributed by atoms with Crippen molar-refractivity contribution in [1.82, 2.24) is 3.53 Å². The Bertz CT molecular complexity index is 273. The van der Waals surface area contributed by atoms with E-state index in [1.165, 1.54) is 5.56 Å². The van der Waals surface area contributed by atoms with E-state index in [0.717, 1.165) is 11.4 Å². The largest absolute Gasteiger partial charge is 0.257 e. The molecule has 0 aromatic heterocycles. The fourth-order valence-corrected chi connectivity index (χ4v) is 1.84. The van der Waals surface area contributed by atoms with Crippen LogP contribution in [0.25, 0.3) is 0 Å². The molecule has 1 aromatic carbocycles. The highest BCUT2D eigenvalue weighted by atomic mass is 127. The molecule has 1 unspecified atom stereocenters. The minimum absolute atomic E-state index is 0.844. The minimum Gasteiger partial charge on any atom is -0.257 e. The van der Waals surface area contributed by atoms with Gasteiger partial charge in [-0.25, -0.2) is 0 Å². The standard InChI is InChI=1S/C8H10INOS/c1-12(11)8-4-2-7(3-5-8)6-10-9/h2-5,10H,6H2,1H3. The van der Waals surface area contributed by atoms with Gasteiger partial charge in [-0.05, 0) is 17.7 Å². The molecule has 1 aromatic rings. The molecule has 0 spiro atoms. The highest BCUT2D eigenvalue weighted by Gasteiger charge is 1.96. The highest BCUT2D eigenvalue weighted by molar-refractivity contribution is 14.1. The second-order valence-corrected chi connectivity index (χ2v) is 4.55. The van der Waals surface area contributed by atoms with Crippen LogP contribution in [0.5, 0.6) is 0 Å². The lowest BCUT2D eigenvalue weighted by molar-refractivity contribution is 0.687. The van der Waals surface area contributed by atoms with E-state index in [1.54, 1.807) is 6.26 Å². The van der Waals surface area contributed by atoms with Crippen LogP contribution in [-0.4, -0.2) is 10.5 Å². The third-order valence-corrected chi connectivity index (χ3v) is 2.84. The van der Waals surface area contributed by atoms with Crippen molar-refractivity contribution in [1.29, 1.82) is 0 Å². The zero-order valence-electron chi connectivity index (χ0n) is 6.71. The van der Waals surface area contributed by atoms with E-state index in [1.807, 2.05) is 24.3 Å². The van der Waals surface area contributed by atoms with Crippen LogP contribution in [0.2, 0.25) is 0 Å². The maximum atomic E-state index is 11.0. The summed E-state index contributed by atoms with van der Waals surface area (Å²) in [5.41, 5.74) is 1.21. The van der Waals surface area contributed by atoms with Crippen LogP contribution in [0.3, 0.4) is 0 Å². The van der Waals surface area contributed by atoms with Gasteiger partial charge in [-0.2, -0.15) is 0 Å². The average molecular weight is 295 g/mol. The van der Waals surface area contributed by atoms with Crippen molar-refractivity contribution in [3.63, 3.8) is 0 Å². The van der Waals surface area contributed by atoms with Gasteiger partial charge in [0.2, 0.25) is 0 Å². The minimum atomic E-state index is -0.863. The van der Waals surface area contributed by atoms with Gasteiger partial charge in [-0.1, -0.05) is 12.1 Å². The number of nitrogens with one attached hydrogen (secondary N) is 1. The van der Waals surface area contributed by atoms with E-state index in [4.69, 9.17) is 0 Å². The summed E-state index contributed by atoms with van der Waals surface area (Å²) in [7, 11) is -0.863. The van der Waals surface area contributed by atoms with Gasteiger partial charge in [-0.3, -0.25) is 7.74 Å². The Kier molecular flexibility index (Phi) is 4.17. The molecule has 12 heavy (non-hydrogen) atoms. The van der Waals surface area contributed by atoms with Crippen LogP contribution in [0.4, 0.5) is 0 Å². The van der Waals surface area contributed by atoms with E-state index < -0.39 is 10.8 Å². The lowest BCUT2D eigenvalue weighted by Gasteiger charge is -1.99. The smallest absolute Gasteiger partial charge is 0.0498 e. The summed E-state index contributed by atoms with van der Waals surface area (Å²) in [6.07, 6.45) is 1.69. The molecular formula is C8H10INOS. The molecule has 4 heteroatoms. The zero-order chi connectivity index (χ0) is 8.97. The molecular weight excluding hydrogens is 285 g/mol.